The molecule has 2 amide bonds. The molecule has 1 aromatic rings. The first-order valence-corrected chi connectivity index (χ1v) is 7.88. The highest BCUT2D eigenvalue weighted by Gasteiger charge is 2.20. The number of amides is 2. The third-order valence-corrected chi connectivity index (χ3v) is 3.41. The Balaban J connectivity index is 2.30. The smallest absolute Gasteiger partial charge is 0.225 e. The topological polar surface area (TPSA) is 58.2 Å². The average Bonchev–Trinajstić information content (AvgIpc) is 2.42. The van der Waals surface area contributed by atoms with Crippen LogP contribution in [0, 0.1) is 5.41 Å². The van der Waals surface area contributed by atoms with Crippen molar-refractivity contribution in [3.63, 3.8) is 0 Å². The minimum Gasteiger partial charge on any atom is -0.356 e. The number of hydrogen-bond donors (Lipinski definition) is 2. The van der Waals surface area contributed by atoms with E-state index >= 15 is 0 Å². The van der Waals surface area contributed by atoms with Crippen molar-refractivity contribution in [1.82, 2.24) is 5.32 Å². The lowest BCUT2D eigenvalue weighted by Gasteiger charge is -2.17. The molecule has 1 rings (SSSR count). The Labute approximate surface area is 133 Å². The van der Waals surface area contributed by atoms with E-state index in [1.165, 1.54) is 5.56 Å². The Morgan fingerprint density at radius 1 is 1.09 bits per heavy atom. The molecule has 0 saturated carbocycles. The van der Waals surface area contributed by atoms with E-state index in [2.05, 4.69) is 24.5 Å². The average molecular weight is 304 g/mol. The molecule has 0 aromatic heterocycles. The summed E-state index contributed by atoms with van der Waals surface area (Å²) < 4.78 is 0. The first-order chi connectivity index (χ1) is 10.2. The van der Waals surface area contributed by atoms with E-state index in [1.54, 1.807) is 0 Å². The van der Waals surface area contributed by atoms with Gasteiger partial charge in [0.1, 0.15) is 0 Å². The molecule has 0 saturated heterocycles. The summed E-state index contributed by atoms with van der Waals surface area (Å²) in [6, 6.07) is 7.91. The minimum atomic E-state index is -0.388. The number of hydrogen-bond acceptors (Lipinski definition) is 2. The van der Waals surface area contributed by atoms with Gasteiger partial charge in [-0.15, -0.1) is 0 Å². The zero-order valence-corrected chi connectivity index (χ0v) is 14.3. The zero-order valence-electron chi connectivity index (χ0n) is 14.3. The number of benzene rings is 1. The van der Waals surface area contributed by atoms with E-state index in [9.17, 15) is 9.59 Å². The fourth-order valence-corrected chi connectivity index (χ4v) is 1.89. The second kappa shape index (κ2) is 7.97. The van der Waals surface area contributed by atoms with E-state index in [1.807, 2.05) is 45.0 Å². The second-order valence-electron chi connectivity index (χ2n) is 6.93. The van der Waals surface area contributed by atoms with Crippen molar-refractivity contribution in [2.45, 2.75) is 53.4 Å². The maximum absolute atomic E-state index is 11.8. The van der Waals surface area contributed by atoms with Crippen molar-refractivity contribution >= 4 is 17.5 Å². The van der Waals surface area contributed by atoms with Gasteiger partial charge >= 0.3 is 0 Å². The van der Waals surface area contributed by atoms with E-state index in [0.29, 0.717) is 25.3 Å². The molecular formula is C18H28N2O2. The van der Waals surface area contributed by atoms with Gasteiger partial charge in [-0.1, -0.05) is 46.8 Å². The van der Waals surface area contributed by atoms with Crippen LogP contribution in [0.4, 0.5) is 5.69 Å². The maximum atomic E-state index is 11.8. The van der Waals surface area contributed by atoms with Crippen molar-refractivity contribution in [2.24, 2.45) is 5.41 Å². The molecule has 0 aliphatic rings. The van der Waals surface area contributed by atoms with E-state index < -0.39 is 0 Å². The summed E-state index contributed by atoms with van der Waals surface area (Å²) in [5.41, 5.74) is 1.68. The van der Waals surface area contributed by atoms with Crippen LogP contribution in [0.5, 0.6) is 0 Å². The summed E-state index contributed by atoms with van der Waals surface area (Å²) >= 11 is 0. The lowest BCUT2D eigenvalue weighted by molar-refractivity contribution is -0.128. The van der Waals surface area contributed by atoms with Gasteiger partial charge in [0.05, 0.1) is 0 Å². The third kappa shape index (κ3) is 6.29. The van der Waals surface area contributed by atoms with Crippen LogP contribution in [0.2, 0.25) is 0 Å². The van der Waals surface area contributed by atoms with E-state index in [4.69, 9.17) is 0 Å². The molecule has 0 aliphatic heterocycles. The number of carbonyl (C=O) groups is 2. The fourth-order valence-electron chi connectivity index (χ4n) is 1.89. The largest absolute Gasteiger partial charge is 0.356 e. The molecule has 0 fully saturated rings. The summed E-state index contributed by atoms with van der Waals surface area (Å²) in [6.07, 6.45) is 1.04. The van der Waals surface area contributed by atoms with Gasteiger partial charge in [-0.3, -0.25) is 9.59 Å². The Kier molecular flexibility index (Phi) is 6.60. The molecule has 0 bridgehead atoms. The van der Waals surface area contributed by atoms with E-state index in [-0.39, 0.29) is 17.2 Å². The Morgan fingerprint density at radius 3 is 2.18 bits per heavy atom. The number of rotatable bonds is 6. The highest BCUT2D eigenvalue weighted by molar-refractivity contribution is 5.90. The molecule has 4 nitrogen and oxygen atoms in total. The lowest BCUT2D eigenvalue weighted by Crippen LogP contribution is -2.35. The molecular weight excluding hydrogens is 276 g/mol. The highest BCUT2D eigenvalue weighted by atomic mass is 16.2. The van der Waals surface area contributed by atoms with Crippen LogP contribution in [0.25, 0.3) is 0 Å². The summed E-state index contributed by atoms with van der Waals surface area (Å²) in [5, 5.41) is 5.72. The zero-order chi connectivity index (χ0) is 16.8. The van der Waals surface area contributed by atoms with Gasteiger partial charge < -0.3 is 10.6 Å². The number of carbonyl (C=O) groups excluding carboxylic acids is 2. The van der Waals surface area contributed by atoms with Crippen LogP contribution in [0.3, 0.4) is 0 Å². The molecule has 1 aromatic carbocycles. The summed E-state index contributed by atoms with van der Waals surface area (Å²) in [5.74, 6) is 0.468. The van der Waals surface area contributed by atoms with Gasteiger partial charge in [0.2, 0.25) is 11.8 Å². The van der Waals surface area contributed by atoms with Gasteiger partial charge in [-0.25, -0.2) is 0 Å². The van der Waals surface area contributed by atoms with Crippen LogP contribution >= 0.6 is 0 Å². The summed E-state index contributed by atoms with van der Waals surface area (Å²) in [6.45, 7) is 10.4. The molecule has 0 atom stereocenters. The standard InChI is InChI=1S/C18H28N2O2/c1-13(2)14-8-10-15(11-9-14)20-16(21)7-6-12-19-17(22)18(3,4)5/h8-11,13H,6-7,12H2,1-5H3,(H,19,22)(H,20,21). The Bertz CT molecular complexity index is 499. The van der Waals surface area contributed by atoms with Crippen molar-refractivity contribution in [3.8, 4) is 0 Å². The van der Waals surface area contributed by atoms with E-state index in [0.717, 1.165) is 5.69 Å². The molecule has 0 aliphatic carbocycles. The molecule has 2 N–H and O–H groups in total. The van der Waals surface area contributed by atoms with Crippen LogP contribution in [-0.4, -0.2) is 18.4 Å². The maximum Gasteiger partial charge on any atom is 0.225 e. The van der Waals surface area contributed by atoms with Crippen LogP contribution in [0.15, 0.2) is 24.3 Å². The van der Waals surface area contributed by atoms with Gasteiger partial charge in [0.15, 0.2) is 0 Å². The fraction of sp³-hybridized carbons (Fsp3) is 0.556. The molecule has 0 spiro atoms. The first kappa shape index (κ1) is 18.2. The van der Waals surface area contributed by atoms with Crippen molar-refractivity contribution < 1.29 is 9.59 Å². The first-order valence-electron chi connectivity index (χ1n) is 7.88. The summed E-state index contributed by atoms with van der Waals surface area (Å²) in [4.78, 5) is 23.5. The van der Waals surface area contributed by atoms with Gasteiger partial charge in [-0.05, 0) is 30.0 Å². The molecule has 22 heavy (non-hydrogen) atoms. The van der Waals surface area contributed by atoms with Crippen molar-refractivity contribution in [2.75, 3.05) is 11.9 Å². The predicted octanol–water partition coefficient (Wildman–Crippen LogP) is 3.69. The number of anilines is 1. The minimum absolute atomic E-state index is 0.0113. The second-order valence-corrected chi connectivity index (χ2v) is 6.93. The summed E-state index contributed by atoms with van der Waals surface area (Å²) in [7, 11) is 0. The van der Waals surface area contributed by atoms with Crippen molar-refractivity contribution in [1.29, 1.82) is 0 Å². The SMILES string of the molecule is CC(C)c1ccc(NC(=O)CCCNC(=O)C(C)(C)C)cc1. The van der Waals surface area contributed by atoms with Gasteiger partial charge in [-0.2, -0.15) is 0 Å². The monoisotopic (exact) mass is 304 g/mol. The molecule has 0 heterocycles. The van der Waals surface area contributed by atoms with Crippen LogP contribution in [-0.2, 0) is 9.59 Å². The molecule has 0 unspecified atom stereocenters. The quantitative estimate of drug-likeness (QED) is 0.787. The van der Waals surface area contributed by atoms with Crippen LogP contribution in [0.1, 0.15) is 58.9 Å². The Morgan fingerprint density at radius 2 is 1.68 bits per heavy atom. The molecule has 4 heteroatoms. The highest BCUT2D eigenvalue weighted by Crippen LogP contribution is 2.17. The predicted molar refractivity (Wildman–Crippen MR) is 90.9 cm³/mol. The molecule has 122 valence electrons. The molecule has 0 radical (unpaired) electrons. The van der Waals surface area contributed by atoms with Crippen LogP contribution < -0.4 is 10.6 Å². The lowest BCUT2D eigenvalue weighted by atomic mass is 9.96. The van der Waals surface area contributed by atoms with Gasteiger partial charge in [0, 0.05) is 24.1 Å². The van der Waals surface area contributed by atoms with Gasteiger partial charge in [0.25, 0.3) is 0 Å². The normalized spacial score (nSPS) is 11.4. The number of nitrogens with one attached hydrogen (secondary N) is 2. The Hall–Kier alpha value is -1.84. The van der Waals surface area contributed by atoms with Crippen molar-refractivity contribution in [3.05, 3.63) is 29.8 Å². The third-order valence-electron chi connectivity index (χ3n) is 3.41.